The molecule has 0 aliphatic heterocycles. The van der Waals surface area contributed by atoms with E-state index >= 15 is 0 Å². The highest BCUT2D eigenvalue weighted by molar-refractivity contribution is 9.10. The Labute approximate surface area is 123 Å². The number of hydrogen-bond donors (Lipinski definition) is 0. The lowest BCUT2D eigenvalue weighted by molar-refractivity contribution is -0.120. The Bertz CT molecular complexity index is 509. The van der Waals surface area contributed by atoms with Crippen molar-refractivity contribution in [2.45, 2.75) is 26.7 Å². The Morgan fingerprint density at radius 2 is 1.89 bits per heavy atom. The average Bonchev–Trinajstić information content (AvgIpc) is 2.37. The van der Waals surface area contributed by atoms with E-state index in [1.807, 2.05) is 18.2 Å². The van der Waals surface area contributed by atoms with Crippen molar-refractivity contribution >= 4 is 27.8 Å². The molecule has 0 heterocycles. The number of ketones is 1. The van der Waals surface area contributed by atoms with Crippen molar-refractivity contribution < 1.29 is 4.79 Å². The predicted octanol–water partition coefficient (Wildman–Crippen LogP) is 5.02. The first-order valence-electron chi connectivity index (χ1n) is 6.74. The van der Waals surface area contributed by atoms with Crippen LogP contribution in [0.15, 0.2) is 46.5 Å². The summed E-state index contributed by atoms with van der Waals surface area (Å²) in [5.74, 6) is 0.947. The summed E-state index contributed by atoms with van der Waals surface area (Å²) in [5, 5.41) is 0. The fourth-order valence-corrected chi connectivity index (χ4v) is 2.66. The maximum atomic E-state index is 12.0. The number of carbonyl (C=O) groups is 1. The molecule has 1 aliphatic carbocycles. The summed E-state index contributed by atoms with van der Waals surface area (Å²) >= 11 is 3.42. The molecule has 0 N–H and O–H groups in total. The van der Waals surface area contributed by atoms with Crippen LogP contribution in [0.1, 0.15) is 32.3 Å². The van der Waals surface area contributed by atoms with E-state index in [9.17, 15) is 4.79 Å². The van der Waals surface area contributed by atoms with E-state index in [4.69, 9.17) is 0 Å². The van der Waals surface area contributed by atoms with Gasteiger partial charge in [0.2, 0.25) is 0 Å². The molecule has 0 fully saturated rings. The van der Waals surface area contributed by atoms with Crippen molar-refractivity contribution in [1.82, 2.24) is 0 Å². The van der Waals surface area contributed by atoms with Gasteiger partial charge in [-0.05, 0) is 48.1 Å². The summed E-state index contributed by atoms with van der Waals surface area (Å²) in [5.41, 5.74) is 2.30. The number of carbonyl (C=O) groups excluding carboxylic acids is 1. The van der Waals surface area contributed by atoms with Crippen LogP contribution in [0.3, 0.4) is 0 Å². The molecule has 19 heavy (non-hydrogen) atoms. The molecule has 0 bridgehead atoms. The standard InChI is InChI=1S/C17H19BrO/c1-12(2)16-10-7-14(11-17(16)19)4-3-13-5-8-15(18)9-6-13/h3-6,8-9,11-12,16H,7,10H2,1-2H3/b4-3+. The largest absolute Gasteiger partial charge is 0.295 e. The van der Waals surface area contributed by atoms with Gasteiger partial charge in [-0.15, -0.1) is 0 Å². The molecular formula is C17H19BrO. The summed E-state index contributed by atoms with van der Waals surface area (Å²) in [6, 6.07) is 8.16. The normalized spacial score (nSPS) is 20.1. The zero-order valence-corrected chi connectivity index (χ0v) is 13.0. The minimum Gasteiger partial charge on any atom is -0.295 e. The third-order valence-corrected chi connectivity index (χ3v) is 4.13. The van der Waals surface area contributed by atoms with E-state index < -0.39 is 0 Å². The lowest BCUT2D eigenvalue weighted by Crippen LogP contribution is -2.22. The molecule has 0 spiro atoms. The number of hydrogen-bond acceptors (Lipinski definition) is 1. The van der Waals surface area contributed by atoms with Crippen LogP contribution < -0.4 is 0 Å². The molecule has 1 aromatic carbocycles. The van der Waals surface area contributed by atoms with Gasteiger partial charge in [-0.2, -0.15) is 0 Å². The first kappa shape index (κ1) is 14.3. The topological polar surface area (TPSA) is 17.1 Å². The zero-order valence-electron chi connectivity index (χ0n) is 11.4. The van der Waals surface area contributed by atoms with Crippen molar-refractivity contribution in [1.29, 1.82) is 0 Å². The van der Waals surface area contributed by atoms with Gasteiger partial charge in [0.15, 0.2) is 5.78 Å². The Balaban J connectivity index is 2.06. The van der Waals surface area contributed by atoms with E-state index in [0.29, 0.717) is 5.92 Å². The maximum absolute atomic E-state index is 12.0. The number of allylic oxidation sites excluding steroid dienone is 3. The van der Waals surface area contributed by atoms with Crippen molar-refractivity contribution in [2.75, 3.05) is 0 Å². The van der Waals surface area contributed by atoms with E-state index in [-0.39, 0.29) is 11.7 Å². The van der Waals surface area contributed by atoms with Crippen LogP contribution in [-0.2, 0) is 4.79 Å². The summed E-state index contributed by atoms with van der Waals surface area (Å²) in [6.45, 7) is 4.25. The van der Waals surface area contributed by atoms with Gasteiger partial charge in [0, 0.05) is 10.4 Å². The number of halogens is 1. The van der Waals surface area contributed by atoms with Crippen molar-refractivity contribution in [3.8, 4) is 0 Å². The van der Waals surface area contributed by atoms with Crippen molar-refractivity contribution in [3.63, 3.8) is 0 Å². The van der Waals surface area contributed by atoms with Crippen LogP contribution in [0.25, 0.3) is 6.08 Å². The van der Waals surface area contributed by atoms with E-state index in [0.717, 1.165) is 28.5 Å². The van der Waals surface area contributed by atoms with Gasteiger partial charge in [-0.25, -0.2) is 0 Å². The minimum atomic E-state index is 0.213. The molecule has 1 atom stereocenters. The fraction of sp³-hybridized carbons (Fsp3) is 0.353. The molecule has 2 rings (SSSR count). The molecule has 0 saturated heterocycles. The third-order valence-electron chi connectivity index (χ3n) is 3.60. The lowest BCUT2D eigenvalue weighted by atomic mass is 9.81. The Kier molecular flexibility index (Phi) is 4.76. The van der Waals surface area contributed by atoms with Crippen LogP contribution in [0.4, 0.5) is 0 Å². The molecule has 100 valence electrons. The quantitative estimate of drug-likeness (QED) is 0.764. The van der Waals surface area contributed by atoms with Crippen LogP contribution in [0.5, 0.6) is 0 Å². The predicted molar refractivity (Wildman–Crippen MR) is 83.8 cm³/mol. The number of rotatable bonds is 3. The van der Waals surface area contributed by atoms with Gasteiger partial charge in [-0.1, -0.05) is 54.1 Å². The van der Waals surface area contributed by atoms with E-state index in [1.165, 1.54) is 0 Å². The van der Waals surface area contributed by atoms with Crippen molar-refractivity contribution in [3.05, 3.63) is 52.0 Å². The fourth-order valence-electron chi connectivity index (χ4n) is 2.40. The van der Waals surface area contributed by atoms with Gasteiger partial charge in [0.25, 0.3) is 0 Å². The second-order valence-corrected chi connectivity index (χ2v) is 6.31. The second kappa shape index (κ2) is 6.33. The highest BCUT2D eigenvalue weighted by Crippen LogP contribution is 2.27. The molecule has 2 heteroatoms. The molecule has 1 aromatic rings. The smallest absolute Gasteiger partial charge is 0.159 e. The van der Waals surface area contributed by atoms with Gasteiger partial charge in [0.05, 0.1) is 0 Å². The Morgan fingerprint density at radius 3 is 2.47 bits per heavy atom. The van der Waals surface area contributed by atoms with E-state index in [2.05, 4.69) is 54.1 Å². The van der Waals surface area contributed by atoms with Crippen LogP contribution >= 0.6 is 15.9 Å². The highest BCUT2D eigenvalue weighted by Gasteiger charge is 2.23. The summed E-state index contributed by atoms with van der Waals surface area (Å²) < 4.78 is 1.08. The first-order chi connectivity index (χ1) is 9.06. The van der Waals surface area contributed by atoms with Gasteiger partial charge in [-0.3, -0.25) is 4.79 Å². The highest BCUT2D eigenvalue weighted by atomic mass is 79.9. The Morgan fingerprint density at radius 1 is 1.21 bits per heavy atom. The molecule has 1 unspecified atom stereocenters. The zero-order chi connectivity index (χ0) is 13.8. The van der Waals surface area contributed by atoms with Gasteiger partial charge < -0.3 is 0 Å². The maximum Gasteiger partial charge on any atom is 0.159 e. The van der Waals surface area contributed by atoms with Crippen LogP contribution in [0, 0.1) is 11.8 Å². The van der Waals surface area contributed by atoms with E-state index in [1.54, 1.807) is 0 Å². The molecule has 1 aliphatic rings. The monoisotopic (exact) mass is 318 g/mol. The summed E-state index contributed by atoms with van der Waals surface area (Å²) in [7, 11) is 0. The van der Waals surface area contributed by atoms with Crippen LogP contribution in [-0.4, -0.2) is 5.78 Å². The molecule has 0 amide bonds. The molecule has 1 nitrogen and oxygen atoms in total. The van der Waals surface area contributed by atoms with Gasteiger partial charge in [0.1, 0.15) is 0 Å². The molecular weight excluding hydrogens is 300 g/mol. The first-order valence-corrected chi connectivity index (χ1v) is 7.53. The summed E-state index contributed by atoms with van der Waals surface area (Å²) in [6.07, 6.45) is 7.94. The lowest BCUT2D eigenvalue weighted by Gasteiger charge is -2.22. The average molecular weight is 319 g/mol. The number of benzene rings is 1. The molecule has 0 saturated carbocycles. The van der Waals surface area contributed by atoms with Crippen LogP contribution in [0.2, 0.25) is 0 Å². The van der Waals surface area contributed by atoms with Gasteiger partial charge >= 0.3 is 0 Å². The molecule has 0 aromatic heterocycles. The summed E-state index contributed by atoms with van der Waals surface area (Å²) in [4.78, 5) is 12.0. The SMILES string of the molecule is CC(C)C1CCC(/C=C/c2ccc(Br)cc2)=CC1=O. The minimum absolute atomic E-state index is 0.213. The molecule has 0 radical (unpaired) electrons. The third kappa shape index (κ3) is 3.90. The van der Waals surface area contributed by atoms with Crippen molar-refractivity contribution in [2.24, 2.45) is 11.8 Å². The Hall–Kier alpha value is -1.15. The second-order valence-electron chi connectivity index (χ2n) is 5.40.